The molecule has 1 fully saturated rings. The van der Waals surface area contributed by atoms with Gasteiger partial charge < -0.3 is 5.32 Å². The number of nitrogens with one attached hydrogen (secondary N) is 1. The Morgan fingerprint density at radius 2 is 1.84 bits per heavy atom. The number of nitrogens with zero attached hydrogens (tertiary/aromatic N) is 1. The monoisotopic (exact) mass is 370 g/mol. The summed E-state index contributed by atoms with van der Waals surface area (Å²) in [6.45, 7) is 0.278. The van der Waals surface area contributed by atoms with Crippen LogP contribution >= 0.6 is 0 Å². The molecule has 1 aromatic carbocycles. The molecule has 1 aliphatic carbocycles. The molecular weight excluding hydrogens is 343 g/mol. The van der Waals surface area contributed by atoms with Crippen molar-refractivity contribution < 1.29 is 17.6 Å². The third kappa shape index (κ3) is 6.40. The number of hydrogen-bond acceptors (Lipinski definition) is 3. The van der Waals surface area contributed by atoms with Gasteiger partial charge in [-0.3, -0.25) is 4.79 Å². The Morgan fingerprint density at radius 1 is 1.20 bits per heavy atom. The summed E-state index contributed by atoms with van der Waals surface area (Å²) >= 11 is 0. The highest BCUT2D eigenvalue weighted by Gasteiger charge is 2.27. The number of carbonyl (C=O) groups excluding carboxylic acids is 1. The van der Waals surface area contributed by atoms with E-state index < -0.39 is 10.0 Å². The summed E-state index contributed by atoms with van der Waals surface area (Å²) in [6.07, 6.45) is 7.31. The SMILES string of the molecule is CS(=O)(=O)N(CCC(=O)NCc1ccccc1F)C1CCCCCC1. The summed E-state index contributed by atoms with van der Waals surface area (Å²) in [5.41, 5.74) is 0.416. The minimum Gasteiger partial charge on any atom is -0.352 e. The van der Waals surface area contributed by atoms with E-state index in [9.17, 15) is 17.6 Å². The van der Waals surface area contributed by atoms with E-state index in [0.717, 1.165) is 38.5 Å². The van der Waals surface area contributed by atoms with Gasteiger partial charge in [0, 0.05) is 31.1 Å². The van der Waals surface area contributed by atoms with Crippen LogP contribution in [0.25, 0.3) is 0 Å². The van der Waals surface area contributed by atoms with Gasteiger partial charge in [0.2, 0.25) is 15.9 Å². The van der Waals surface area contributed by atoms with Crippen LogP contribution in [-0.4, -0.2) is 37.5 Å². The largest absolute Gasteiger partial charge is 0.352 e. The summed E-state index contributed by atoms with van der Waals surface area (Å²) < 4.78 is 39.3. The standard InChI is InChI=1S/C18H27FN2O3S/c1-25(23,24)21(16-9-4-2-3-5-10-16)13-12-18(22)20-14-15-8-6-7-11-17(15)19/h6-8,11,16H,2-5,9-10,12-14H2,1H3,(H,20,22). The first kappa shape index (κ1) is 19.8. The Morgan fingerprint density at radius 3 is 2.44 bits per heavy atom. The maximum Gasteiger partial charge on any atom is 0.221 e. The smallest absolute Gasteiger partial charge is 0.221 e. The van der Waals surface area contributed by atoms with Crippen LogP contribution in [-0.2, 0) is 21.4 Å². The number of hydrogen-bond donors (Lipinski definition) is 1. The van der Waals surface area contributed by atoms with Crippen molar-refractivity contribution in [3.05, 3.63) is 35.6 Å². The fourth-order valence-corrected chi connectivity index (χ4v) is 4.48. The molecule has 0 aliphatic heterocycles. The molecule has 1 aliphatic rings. The van der Waals surface area contributed by atoms with Crippen molar-refractivity contribution in [1.29, 1.82) is 0 Å². The van der Waals surface area contributed by atoms with Crippen molar-refractivity contribution in [2.45, 2.75) is 57.5 Å². The van der Waals surface area contributed by atoms with E-state index in [0.29, 0.717) is 5.56 Å². The third-order valence-corrected chi connectivity index (χ3v) is 5.98. The number of rotatable bonds is 7. The fourth-order valence-electron chi connectivity index (χ4n) is 3.30. The molecule has 1 N–H and O–H groups in total. The Hall–Kier alpha value is -1.47. The van der Waals surface area contributed by atoms with E-state index in [1.165, 1.54) is 16.6 Å². The molecule has 1 aromatic rings. The van der Waals surface area contributed by atoms with Crippen molar-refractivity contribution in [1.82, 2.24) is 9.62 Å². The van der Waals surface area contributed by atoms with Crippen LogP contribution in [0.5, 0.6) is 0 Å². The molecule has 0 bridgehead atoms. The molecule has 0 spiro atoms. The first-order chi connectivity index (χ1) is 11.9. The number of benzene rings is 1. The summed E-state index contributed by atoms with van der Waals surface area (Å²) in [6, 6.07) is 6.25. The lowest BCUT2D eigenvalue weighted by molar-refractivity contribution is -0.121. The first-order valence-electron chi connectivity index (χ1n) is 8.85. The maximum atomic E-state index is 13.6. The zero-order chi connectivity index (χ0) is 18.3. The van der Waals surface area contributed by atoms with E-state index in [-0.39, 0.29) is 37.3 Å². The minimum absolute atomic E-state index is 0.0168. The Labute approximate surface area is 149 Å². The van der Waals surface area contributed by atoms with Crippen LogP contribution < -0.4 is 5.32 Å². The van der Waals surface area contributed by atoms with E-state index >= 15 is 0 Å². The highest BCUT2D eigenvalue weighted by Crippen LogP contribution is 2.23. The Bertz CT molecular complexity index is 671. The average molecular weight is 370 g/mol. The number of carbonyl (C=O) groups is 1. The summed E-state index contributed by atoms with van der Waals surface area (Å²) in [7, 11) is -3.36. The van der Waals surface area contributed by atoms with Crippen LogP contribution in [0.2, 0.25) is 0 Å². The van der Waals surface area contributed by atoms with Crippen LogP contribution in [0.4, 0.5) is 4.39 Å². The lowest BCUT2D eigenvalue weighted by Gasteiger charge is -2.28. The summed E-state index contributed by atoms with van der Waals surface area (Å²) in [5.74, 6) is -0.635. The van der Waals surface area contributed by atoms with E-state index in [2.05, 4.69) is 5.32 Å². The van der Waals surface area contributed by atoms with Gasteiger partial charge in [-0.2, -0.15) is 4.31 Å². The predicted octanol–water partition coefficient (Wildman–Crippen LogP) is 2.82. The highest BCUT2D eigenvalue weighted by molar-refractivity contribution is 7.88. The molecule has 0 aromatic heterocycles. The zero-order valence-corrected chi connectivity index (χ0v) is 15.5. The van der Waals surface area contributed by atoms with Crippen molar-refractivity contribution in [2.75, 3.05) is 12.8 Å². The lowest BCUT2D eigenvalue weighted by atomic mass is 10.1. The Kier molecular flexibility index (Phi) is 7.38. The second kappa shape index (κ2) is 9.29. The van der Waals surface area contributed by atoms with Gasteiger partial charge >= 0.3 is 0 Å². The van der Waals surface area contributed by atoms with Crippen LogP contribution in [0, 0.1) is 5.82 Å². The zero-order valence-electron chi connectivity index (χ0n) is 14.7. The van der Waals surface area contributed by atoms with Crippen molar-refractivity contribution in [2.24, 2.45) is 0 Å². The molecule has 140 valence electrons. The number of halogens is 1. The molecule has 5 nitrogen and oxygen atoms in total. The van der Waals surface area contributed by atoms with E-state index in [1.807, 2.05) is 0 Å². The molecule has 7 heteroatoms. The summed E-state index contributed by atoms with van der Waals surface area (Å²) in [4.78, 5) is 12.1. The molecule has 0 unspecified atom stereocenters. The number of amides is 1. The molecular formula is C18H27FN2O3S. The van der Waals surface area contributed by atoms with Gasteiger partial charge in [-0.25, -0.2) is 12.8 Å². The van der Waals surface area contributed by atoms with Gasteiger partial charge in [-0.15, -0.1) is 0 Å². The van der Waals surface area contributed by atoms with Crippen LogP contribution in [0.3, 0.4) is 0 Å². The second-order valence-corrected chi connectivity index (χ2v) is 8.57. The molecule has 0 radical (unpaired) electrons. The van der Waals surface area contributed by atoms with Gasteiger partial charge in [-0.1, -0.05) is 43.9 Å². The molecule has 0 atom stereocenters. The number of sulfonamides is 1. The normalized spacial score (nSPS) is 16.6. The van der Waals surface area contributed by atoms with Gasteiger partial charge in [0.05, 0.1) is 6.26 Å². The van der Waals surface area contributed by atoms with Crippen LogP contribution in [0.1, 0.15) is 50.5 Å². The maximum absolute atomic E-state index is 13.6. The third-order valence-electron chi connectivity index (χ3n) is 4.65. The summed E-state index contributed by atoms with van der Waals surface area (Å²) in [5, 5.41) is 2.66. The predicted molar refractivity (Wildman–Crippen MR) is 95.9 cm³/mol. The molecule has 1 amide bonds. The van der Waals surface area contributed by atoms with E-state index in [1.54, 1.807) is 18.2 Å². The van der Waals surface area contributed by atoms with Gasteiger partial charge in [0.1, 0.15) is 5.82 Å². The molecule has 25 heavy (non-hydrogen) atoms. The van der Waals surface area contributed by atoms with Crippen molar-refractivity contribution >= 4 is 15.9 Å². The molecule has 1 saturated carbocycles. The molecule has 0 saturated heterocycles. The average Bonchev–Trinajstić information content (AvgIpc) is 2.82. The van der Waals surface area contributed by atoms with Gasteiger partial charge in [0.25, 0.3) is 0 Å². The second-order valence-electron chi connectivity index (χ2n) is 6.64. The quantitative estimate of drug-likeness (QED) is 0.751. The molecule has 2 rings (SSSR count). The topological polar surface area (TPSA) is 66.5 Å². The lowest BCUT2D eigenvalue weighted by Crippen LogP contribution is -2.41. The van der Waals surface area contributed by atoms with Gasteiger partial charge in [0.15, 0.2) is 0 Å². The van der Waals surface area contributed by atoms with Crippen molar-refractivity contribution in [3.63, 3.8) is 0 Å². The molecule has 0 heterocycles. The first-order valence-corrected chi connectivity index (χ1v) is 10.7. The van der Waals surface area contributed by atoms with Crippen LogP contribution in [0.15, 0.2) is 24.3 Å². The van der Waals surface area contributed by atoms with E-state index in [4.69, 9.17) is 0 Å². The van der Waals surface area contributed by atoms with Gasteiger partial charge in [-0.05, 0) is 18.9 Å². The van der Waals surface area contributed by atoms with Crippen molar-refractivity contribution in [3.8, 4) is 0 Å². The minimum atomic E-state index is -3.36. The Balaban J connectivity index is 1.89. The fraction of sp³-hybridized carbons (Fsp3) is 0.611. The highest BCUT2D eigenvalue weighted by atomic mass is 32.2.